The number of alkyl halides is 3. The SMILES string of the molecule is Cc1ccc(CC(O)C2CCC(C(F)(F)F)CC2)c(Cl)c1. The normalized spacial score (nSPS) is 24.9. The van der Waals surface area contributed by atoms with Crippen molar-refractivity contribution in [2.24, 2.45) is 11.8 Å². The van der Waals surface area contributed by atoms with Gasteiger partial charge in [-0.25, -0.2) is 0 Å². The predicted molar refractivity (Wildman–Crippen MR) is 77.4 cm³/mol. The van der Waals surface area contributed by atoms with Gasteiger partial charge in [0.05, 0.1) is 12.0 Å². The van der Waals surface area contributed by atoms with Crippen LogP contribution in [0.1, 0.15) is 36.8 Å². The van der Waals surface area contributed by atoms with E-state index >= 15 is 0 Å². The maximum Gasteiger partial charge on any atom is 0.391 e. The Morgan fingerprint density at radius 2 is 1.86 bits per heavy atom. The number of hydrogen-bond donors (Lipinski definition) is 1. The molecule has 1 N–H and O–H groups in total. The first kappa shape index (κ1) is 16.6. The van der Waals surface area contributed by atoms with E-state index in [1.165, 1.54) is 0 Å². The molecule has 0 amide bonds. The van der Waals surface area contributed by atoms with Gasteiger partial charge in [0.1, 0.15) is 0 Å². The van der Waals surface area contributed by atoms with Crippen LogP contribution < -0.4 is 0 Å². The van der Waals surface area contributed by atoms with Crippen molar-refractivity contribution in [1.82, 2.24) is 0 Å². The summed E-state index contributed by atoms with van der Waals surface area (Å²) >= 11 is 6.14. The Kier molecular flexibility index (Phi) is 5.20. The summed E-state index contributed by atoms with van der Waals surface area (Å²) in [4.78, 5) is 0. The van der Waals surface area contributed by atoms with Crippen LogP contribution in [-0.2, 0) is 6.42 Å². The second-order valence-electron chi connectivity index (χ2n) is 6.02. The molecule has 1 aliphatic carbocycles. The highest BCUT2D eigenvalue weighted by Crippen LogP contribution is 2.40. The molecule has 5 heteroatoms. The number of benzene rings is 1. The zero-order chi connectivity index (χ0) is 15.6. The number of aryl methyl sites for hydroxylation is 1. The highest BCUT2D eigenvalue weighted by molar-refractivity contribution is 6.31. The predicted octanol–water partition coefficient (Wildman–Crippen LogP) is 4.92. The Morgan fingerprint density at radius 3 is 2.38 bits per heavy atom. The summed E-state index contributed by atoms with van der Waals surface area (Å²) in [6.07, 6.45) is -3.24. The molecule has 0 heterocycles. The summed E-state index contributed by atoms with van der Waals surface area (Å²) in [5.74, 6) is -1.27. The van der Waals surface area contributed by atoms with Gasteiger partial charge >= 0.3 is 6.18 Å². The quantitative estimate of drug-likeness (QED) is 0.838. The third-order valence-corrected chi connectivity index (χ3v) is 4.77. The standard InChI is InChI=1S/C16H20ClF3O/c1-10-2-3-12(14(17)8-10)9-15(21)11-4-6-13(7-5-11)16(18,19)20/h2-3,8,11,13,15,21H,4-7,9H2,1H3. The van der Waals surface area contributed by atoms with E-state index in [0.29, 0.717) is 24.3 Å². The molecule has 1 unspecified atom stereocenters. The molecule has 118 valence electrons. The number of aliphatic hydroxyl groups is 1. The first-order valence-electron chi connectivity index (χ1n) is 7.27. The summed E-state index contributed by atoms with van der Waals surface area (Å²) in [6.45, 7) is 1.94. The van der Waals surface area contributed by atoms with Gasteiger partial charge in [-0.15, -0.1) is 0 Å². The van der Waals surface area contributed by atoms with Crippen LogP contribution in [0.4, 0.5) is 13.2 Å². The van der Waals surface area contributed by atoms with Crippen molar-refractivity contribution in [3.63, 3.8) is 0 Å². The summed E-state index contributed by atoms with van der Waals surface area (Å²) in [6, 6.07) is 5.64. The third-order valence-electron chi connectivity index (χ3n) is 4.42. The van der Waals surface area contributed by atoms with Crippen molar-refractivity contribution in [1.29, 1.82) is 0 Å². The van der Waals surface area contributed by atoms with Crippen molar-refractivity contribution >= 4 is 11.6 Å². The van der Waals surface area contributed by atoms with E-state index < -0.39 is 18.2 Å². The molecule has 0 aromatic heterocycles. The van der Waals surface area contributed by atoms with Crippen molar-refractivity contribution in [3.05, 3.63) is 34.3 Å². The number of hydrogen-bond acceptors (Lipinski definition) is 1. The molecule has 1 atom stereocenters. The maximum atomic E-state index is 12.6. The minimum atomic E-state index is -4.10. The molecule has 21 heavy (non-hydrogen) atoms. The average Bonchev–Trinajstić information content (AvgIpc) is 2.41. The van der Waals surface area contributed by atoms with Gasteiger partial charge in [-0.3, -0.25) is 0 Å². The van der Waals surface area contributed by atoms with Gasteiger partial charge < -0.3 is 5.11 Å². The van der Waals surface area contributed by atoms with E-state index in [1.807, 2.05) is 25.1 Å². The van der Waals surface area contributed by atoms with E-state index in [9.17, 15) is 18.3 Å². The Labute approximate surface area is 128 Å². The lowest BCUT2D eigenvalue weighted by Gasteiger charge is -2.32. The van der Waals surface area contributed by atoms with Crippen LogP contribution in [0.15, 0.2) is 18.2 Å². The molecule has 0 radical (unpaired) electrons. The smallest absolute Gasteiger partial charge is 0.391 e. The molecule has 0 saturated heterocycles. The highest BCUT2D eigenvalue weighted by atomic mass is 35.5. The van der Waals surface area contributed by atoms with Gasteiger partial charge in [-0.05, 0) is 55.7 Å². The van der Waals surface area contributed by atoms with Crippen LogP contribution in [0.25, 0.3) is 0 Å². The van der Waals surface area contributed by atoms with Gasteiger partial charge in [0, 0.05) is 11.4 Å². The number of rotatable bonds is 3. The largest absolute Gasteiger partial charge is 0.392 e. The van der Waals surface area contributed by atoms with Crippen molar-refractivity contribution < 1.29 is 18.3 Å². The molecule has 2 rings (SSSR count). The number of aliphatic hydroxyl groups excluding tert-OH is 1. The number of halogens is 4. The fourth-order valence-electron chi connectivity index (χ4n) is 3.04. The van der Waals surface area contributed by atoms with Crippen LogP contribution in [0.3, 0.4) is 0 Å². The minimum absolute atomic E-state index is 0.0685. The van der Waals surface area contributed by atoms with E-state index in [-0.39, 0.29) is 18.8 Å². The molecule has 0 bridgehead atoms. The van der Waals surface area contributed by atoms with Crippen LogP contribution in [-0.4, -0.2) is 17.4 Å². The lowest BCUT2D eigenvalue weighted by molar-refractivity contribution is -0.185. The first-order valence-corrected chi connectivity index (χ1v) is 7.65. The molecule has 0 spiro atoms. The zero-order valence-electron chi connectivity index (χ0n) is 12.0. The monoisotopic (exact) mass is 320 g/mol. The third kappa shape index (κ3) is 4.36. The molecule has 1 fully saturated rings. The average molecular weight is 321 g/mol. The van der Waals surface area contributed by atoms with Crippen molar-refractivity contribution in [3.8, 4) is 0 Å². The fourth-order valence-corrected chi connectivity index (χ4v) is 3.35. The van der Waals surface area contributed by atoms with E-state index in [4.69, 9.17) is 11.6 Å². The molecule has 1 saturated carbocycles. The van der Waals surface area contributed by atoms with E-state index in [2.05, 4.69) is 0 Å². The summed E-state index contributed by atoms with van der Waals surface area (Å²) < 4.78 is 37.9. The van der Waals surface area contributed by atoms with Gasteiger partial charge in [0.25, 0.3) is 0 Å². The van der Waals surface area contributed by atoms with Crippen LogP contribution in [0.5, 0.6) is 0 Å². The Morgan fingerprint density at radius 1 is 1.24 bits per heavy atom. The highest BCUT2D eigenvalue weighted by Gasteiger charge is 2.42. The summed E-state index contributed by atoms with van der Waals surface area (Å²) in [5, 5.41) is 10.9. The molecular formula is C16H20ClF3O. The van der Waals surface area contributed by atoms with Crippen molar-refractivity contribution in [2.75, 3.05) is 0 Å². The van der Waals surface area contributed by atoms with Crippen LogP contribution >= 0.6 is 11.6 Å². The second-order valence-corrected chi connectivity index (χ2v) is 6.43. The van der Waals surface area contributed by atoms with E-state index in [0.717, 1.165) is 11.1 Å². The molecular weight excluding hydrogens is 301 g/mol. The fraction of sp³-hybridized carbons (Fsp3) is 0.625. The lowest BCUT2D eigenvalue weighted by Crippen LogP contribution is -2.32. The molecule has 1 aromatic carbocycles. The summed E-state index contributed by atoms with van der Waals surface area (Å²) in [7, 11) is 0. The summed E-state index contributed by atoms with van der Waals surface area (Å²) in [5.41, 5.74) is 1.90. The zero-order valence-corrected chi connectivity index (χ0v) is 12.7. The van der Waals surface area contributed by atoms with E-state index in [1.54, 1.807) is 0 Å². The van der Waals surface area contributed by atoms with Crippen LogP contribution in [0, 0.1) is 18.8 Å². The Balaban J connectivity index is 1.92. The molecule has 0 aliphatic heterocycles. The topological polar surface area (TPSA) is 20.2 Å². The van der Waals surface area contributed by atoms with Gasteiger partial charge in [0.15, 0.2) is 0 Å². The molecule has 1 nitrogen and oxygen atoms in total. The molecule has 1 aliphatic rings. The van der Waals surface area contributed by atoms with Gasteiger partial charge in [0.2, 0.25) is 0 Å². The lowest BCUT2D eigenvalue weighted by atomic mass is 9.78. The molecule has 1 aromatic rings. The van der Waals surface area contributed by atoms with Crippen molar-refractivity contribution in [2.45, 2.75) is 51.3 Å². The second kappa shape index (κ2) is 6.57. The van der Waals surface area contributed by atoms with Gasteiger partial charge in [-0.2, -0.15) is 13.2 Å². The van der Waals surface area contributed by atoms with Gasteiger partial charge in [-0.1, -0.05) is 23.7 Å². The maximum absolute atomic E-state index is 12.6. The Hall–Kier alpha value is -0.740. The first-order chi connectivity index (χ1) is 9.77. The Bertz CT molecular complexity index is 479. The minimum Gasteiger partial charge on any atom is -0.392 e. The van der Waals surface area contributed by atoms with Crippen LogP contribution in [0.2, 0.25) is 5.02 Å².